The molecule has 1 N–H and O–H groups in total. The summed E-state index contributed by atoms with van der Waals surface area (Å²) in [7, 11) is 3.16. The Balaban J connectivity index is 1.65. The second-order valence-electron chi connectivity index (χ2n) is 5.11. The second kappa shape index (κ2) is 8.34. The van der Waals surface area contributed by atoms with Gasteiger partial charge in [-0.3, -0.25) is 4.79 Å². The first-order valence-corrected chi connectivity index (χ1v) is 8.68. The van der Waals surface area contributed by atoms with E-state index in [0.717, 1.165) is 11.4 Å². The highest BCUT2D eigenvalue weighted by atomic mass is 32.2. The average Bonchev–Trinajstić information content (AvgIpc) is 3.15. The molecular formula is C17H17N5O3S. The molecule has 0 saturated carbocycles. The van der Waals surface area contributed by atoms with Crippen molar-refractivity contribution in [1.82, 2.24) is 20.2 Å². The van der Waals surface area contributed by atoms with E-state index in [-0.39, 0.29) is 11.7 Å². The van der Waals surface area contributed by atoms with E-state index in [4.69, 9.17) is 9.47 Å². The number of hydrogen-bond donors (Lipinski definition) is 1. The number of carbonyl (C=O) groups excluding carboxylic acids is 1. The molecule has 0 unspecified atom stereocenters. The van der Waals surface area contributed by atoms with Crippen LogP contribution < -0.4 is 14.8 Å². The molecule has 3 aromatic rings. The second-order valence-corrected chi connectivity index (χ2v) is 6.05. The van der Waals surface area contributed by atoms with Crippen LogP contribution >= 0.6 is 11.8 Å². The van der Waals surface area contributed by atoms with Crippen molar-refractivity contribution in [3.8, 4) is 17.2 Å². The summed E-state index contributed by atoms with van der Waals surface area (Å²) in [5, 5.41) is 15.0. The van der Waals surface area contributed by atoms with Gasteiger partial charge < -0.3 is 14.8 Å². The Bertz CT molecular complexity index is 882. The van der Waals surface area contributed by atoms with Crippen LogP contribution in [0.15, 0.2) is 53.7 Å². The number of para-hydroxylation sites is 2. The summed E-state index contributed by atoms with van der Waals surface area (Å²) in [6, 6.07) is 14.6. The van der Waals surface area contributed by atoms with E-state index in [1.54, 1.807) is 31.0 Å². The minimum Gasteiger partial charge on any atom is -0.497 e. The van der Waals surface area contributed by atoms with Gasteiger partial charge >= 0.3 is 0 Å². The zero-order valence-electron chi connectivity index (χ0n) is 14.2. The van der Waals surface area contributed by atoms with Crippen molar-refractivity contribution in [1.29, 1.82) is 0 Å². The van der Waals surface area contributed by atoms with Crippen LogP contribution in [0.5, 0.6) is 11.5 Å². The molecule has 0 saturated heterocycles. The van der Waals surface area contributed by atoms with E-state index in [9.17, 15) is 4.79 Å². The Morgan fingerprint density at radius 3 is 2.62 bits per heavy atom. The number of aromatic nitrogens is 4. The number of carbonyl (C=O) groups is 1. The van der Waals surface area contributed by atoms with E-state index in [1.165, 1.54) is 11.8 Å². The minimum absolute atomic E-state index is 0.161. The molecule has 3 rings (SSSR count). The van der Waals surface area contributed by atoms with Gasteiger partial charge in [-0.05, 0) is 46.8 Å². The Morgan fingerprint density at radius 1 is 1.12 bits per heavy atom. The van der Waals surface area contributed by atoms with Gasteiger partial charge in [-0.15, -0.1) is 5.10 Å². The fourth-order valence-corrected chi connectivity index (χ4v) is 2.91. The Hall–Kier alpha value is -3.07. The molecule has 0 aliphatic heterocycles. The molecule has 1 heterocycles. The lowest BCUT2D eigenvalue weighted by Gasteiger charge is -2.09. The molecule has 1 amide bonds. The molecule has 134 valence electrons. The van der Waals surface area contributed by atoms with E-state index >= 15 is 0 Å². The van der Waals surface area contributed by atoms with Crippen LogP contribution in [-0.2, 0) is 4.79 Å². The highest BCUT2D eigenvalue weighted by Gasteiger charge is 2.13. The third kappa shape index (κ3) is 4.12. The fraction of sp³-hybridized carbons (Fsp3) is 0.176. The quantitative estimate of drug-likeness (QED) is 0.638. The lowest BCUT2D eigenvalue weighted by molar-refractivity contribution is -0.113. The lowest BCUT2D eigenvalue weighted by atomic mass is 10.3. The number of ether oxygens (including phenoxy) is 2. The van der Waals surface area contributed by atoms with Crippen LogP contribution in [0.1, 0.15) is 0 Å². The molecule has 0 spiro atoms. The molecule has 2 aromatic carbocycles. The number of thioether (sulfide) groups is 1. The number of nitrogens with zero attached hydrogens (tertiary/aromatic N) is 4. The van der Waals surface area contributed by atoms with Crippen molar-refractivity contribution in [2.45, 2.75) is 5.16 Å². The number of anilines is 1. The molecule has 0 bridgehead atoms. The standard InChI is InChI=1S/C17H17N5O3S/c1-24-13-9-7-12(8-10-13)22-17(19-20-21-22)26-11-16(23)18-14-5-3-4-6-15(14)25-2/h3-10H,11H2,1-2H3,(H,18,23). The molecule has 0 aliphatic rings. The topological polar surface area (TPSA) is 91.2 Å². The molecule has 0 fully saturated rings. The highest BCUT2D eigenvalue weighted by Crippen LogP contribution is 2.24. The number of nitrogens with one attached hydrogen (secondary N) is 1. The Kier molecular flexibility index (Phi) is 5.69. The maximum atomic E-state index is 12.2. The van der Waals surface area contributed by atoms with Crippen molar-refractivity contribution in [3.05, 3.63) is 48.5 Å². The first-order chi connectivity index (χ1) is 12.7. The highest BCUT2D eigenvalue weighted by molar-refractivity contribution is 7.99. The molecule has 9 heteroatoms. The fourth-order valence-electron chi connectivity index (χ4n) is 2.22. The van der Waals surface area contributed by atoms with Crippen LogP contribution in [0, 0.1) is 0 Å². The van der Waals surface area contributed by atoms with Crippen molar-refractivity contribution >= 4 is 23.4 Å². The van der Waals surface area contributed by atoms with Crippen LogP contribution in [0.2, 0.25) is 0 Å². The predicted octanol–water partition coefficient (Wildman–Crippen LogP) is 2.41. The maximum absolute atomic E-state index is 12.2. The summed E-state index contributed by atoms with van der Waals surface area (Å²) in [5.41, 5.74) is 1.40. The number of hydrogen-bond acceptors (Lipinski definition) is 7. The summed E-state index contributed by atoms with van der Waals surface area (Å²) in [4.78, 5) is 12.2. The monoisotopic (exact) mass is 371 g/mol. The van der Waals surface area contributed by atoms with E-state index < -0.39 is 0 Å². The lowest BCUT2D eigenvalue weighted by Crippen LogP contribution is -2.15. The summed E-state index contributed by atoms with van der Waals surface area (Å²) in [6.07, 6.45) is 0. The molecule has 26 heavy (non-hydrogen) atoms. The molecule has 8 nitrogen and oxygen atoms in total. The molecule has 1 aromatic heterocycles. The first-order valence-electron chi connectivity index (χ1n) is 7.69. The van der Waals surface area contributed by atoms with E-state index in [1.807, 2.05) is 36.4 Å². The van der Waals surface area contributed by atoms with Crippen molar-refractivity contribution < 1.29 is 14.3 Å². The zero-order chi connectivity index (χ0) is 18.4. The average molecular weight is 371 g/mol. The van der Waals surface area contributed by atoms with Crippen molar-refractivity contribution in [2.75, 3.05) is 25.3 Å². The van der Waals surface area contributed by atoms with Gasteiger partial charge in [-0.2, -0.15) is 4.68 Å². The number of tetrazole rings is 1. The van der Waals surface area contributed by atoms with Gasteiger partial charge in [-0.25, -0.2) is 0 Å². The van der Waals surface area contributed by atoms with E-state index in [0.29, 0.717) is 16.6 Å². The SMILES string of the molecule is COc1ccc(-n2nnnc2SCC(=O)Nc2ccccc2OC)cc1. The summed E-state index contributed by atoms with van der Waals surface area (Å²) in [5.74, 6) is 1.33. The maximum Gasteiger partial charge on any atom is 0.234 e. The van der Waals surface area contributed by atoms with Crippen molar-refractivity contribution in [3.63, 3.8) is 0 Å². The largest absolute Gasteiger partial charge is 0.497 e. The van der Waals surface area contributed by atoms with Crippen LogP contribution in [0.4, 0.5) is 5.69 Å². The van der Waals surface area contributed by atoms with Gasteiger partial charge in [0.25, 0.3) is 0 Å². The van der Waals surface area contributed by atoms with Gasteiger partial charge in [-0.1, -0.05) is 23.9 Å². The normalized spacial score (nSPS) is 10.4. The molecule has 0 aliphatic carbocycles. The van der Waals surface area contributed by atoms with Gasteiger partial charge in [0.15, 0.2) is 0 Å². The zero-order valence-corrected chi connectivity index (χ0v) is 15.1. The van der Waals surface area contributed by atoms with Crippen LogP contribution in [0.25, 0.3) is 5.69 Å². The van der Waals surface area contributed by atoms with Crippen LogP contribution in [0.3, 0.4) is 0 Å². The molecule has 0 radical (unpaired) electrons. The van der Waals surface area contributed by atoms with Gasteiger partial charge in [0.05, 0.1) is 31.3 Å². The van der Waals surface area contributed by atoms with Gasteiger partial charge in [0.1, 0.15) is 11.5 Å². The Labute approximate surface area is 154 Å². The molecular weight excluding hydrogens is 354 g/mol. The third-order valence-electron chi connectivity index (χ3n) is 3.47. The number of benzene rings is 2. The number of amides is 1. The predicted molar refractivity (Wildman–Crippen MR) is 98.1 cm³/mol. The van der Waals surface area contributed by atoms with E-state index in [2.05, 4.69) is 20.8 Å². The van der Waals surface area contributed by atoms with Gasteiger partial charge in [0.2, 0.25) is 11.1 Å². The van der Waals surface area contributed by atoms with Crippen LogP contribution in [-0.4, -0.2) is 46.1 Å². The van der Waals surface area contributed by atoms with Crippen molar-refractivity contribution in [2.24, 2.45) is 0 Å². The van der Waals surface area contributed by atoms with Gasteiger partial charge in [0, 0.05) is 0 Å². The minimum atomic E-state index is -0.177. The smallest absolute Gasteiger partial charge is 0.234 e. The first kappa shape index (κ1) is 17.7. The summed E-state index contributed by atoms with van der Waals surface area (Å²) < 4.78 is 11.9. The number of rotatable bonds is 7. The summed E-state index contributed by atoms with van der Waals surface area (Å²) in [6.45, 7) is 0. The Morgan fingerprint density at radius 2 is 1.88 bits per heavy atom. The molecule has 0 atom stereocenters. The summed E-state index contributed by atoms with van der Waals surface area (Å²) >= 11 is 1.24. The third-order valence-corrected chi connectivity index (χ3v) is 4.39. The number of methoxy groups -OCH3 is 2.